The number of aliphatic hydroxyl groups excluding tert-OH is 1. The maximum atomic E-state index is 12.7. The number of fused-ring (bicyclic) bond motifs is 1. The highest BCUT2D eigenvalue weighted by molar-refractivity contribution is 6.07. The molecule has 1 heterocycles. The maximum absolute atomic E-state index is 12.7. The van der Waals surface area contributed by atoms with Gasteiger partial charge in [0, 0.05) is 37.2 Å². The van der Waals surface area contributed by atoms with E-state index in [0.29, 0.717) is 38.4 Å². The molecule has 2 aromatic carbocycles. The molecule has 170 valence electrons. The van der Waals surface area contributed by atoms with Crippen LogP contribution in [0.4, 0.5) is 5.69 Å². The molecule has 6 heteroatoms. The van der Waals surface area contributed by atoms with Crippen LogP contribution in [0.3, 0.4) is 0 Å². The number of carbonyl (C=O) groups excluding carboxylic acids is 1. The highest BCUT2D eigenvalue weighted by Gasteiger charge is 2.17. The minimum absolute atomic E-state index is 0.00605. The van der Waals surface area contributed by atoms with Crippen molar-refractivity contribution in [3.05, 3.63) is 47.5 Å². The number of rotatable bonds is 12. The number of allylic oxidation sites excluding steroid dienone is 2. The molecule has 0 aromatic heterocycles. The second-order valence-corrected chi connectivity index (χ2v) is 7.99. The van der Waals surface area contributed by atoms with Crippen LogP contribution in [0.1, 0.15) is 38.2 Å². The molecule has 1 saturated heterocycles. The highest BCUT2D eigenvalue weighted by atomic mass is 16.5. The third-order valence-electron chi connectivity index (χ3n) is 5.80. The molecule has 1 aliphatic heterocycles. The summed E-state index contributed by atoms with van der Waals surface area (Å²) in [6.07, 6.45) is 3.24. The lowest BCUT2D eigenvalue weighted by atomic mass is 9.95. The number of Topliss-reactive ketones (excluding diaryl/α,β-unsaturated/α-hetero) is 1. The zero-order valence-corrected chi connectivity index (χ0v) is 18.8. The average Bonchev–Trinajstić information content (AvgIpc) is 3.35. The van der Waals surface area contributed by atoms with Crippen molar-refractivity contribution in [1.29, 1.82) is 5.26 Å². The summed E-state index contributed by atoms with van der Waals surface area (Å²) in [5, 5.41) is 20.7. The number of ether oxygens (including phenoxy) is 2. The molecule has 0 aliphatic carbocycles. The second-order valence-electron chi connectivity index (χ2n) is 7.99. The molecule has 6 nitrogen and oxygen atoms in total. The second kappa shape index (κ2) is 12.4. The fourth-order valence-electron chi connectivity index (χ4n) is 4.07. The van der Waals surface area contributed by atoms with Gasteiger partial charge in [0.05, 0.1) is 32.0 Å². The average molecular weight is 437 g/mol. The van der Waals surface area contributed by atoms with Gasteiger partial charge < -0.3 is 19.5 Å². The number of benzene rings is 2. The number of anilines is 1. The van der Waals surface area contributed by atoms with E-state index in [1.54, 1.807) is 0 Å². The van der Waals surface area contributed by atoms with Gasteiger partial charge >= 0.3 is 0 Å². The van der Waals surface area contributed by atoms with Crippen molar-refractivity contribution in [3.63, 3.8) is 0 Å². The van der Waals surface area contributed by atoms with Gasteiger partial charge in [-0.1, -0.05) is 24.3 Å². The maximum Gasteiger partial charge on any atom is 0.173 e. The lowest BCUT2D eigenvalue weighted by molar-refractivity contribution is -0.115. The normalized spacial score (nSPS) is 14.5. The summed E-state index contributed by atoms with van der Waals surface area (Å²) >= 11 is 0. The summed E-state index contributed by atoms with van der Waals surface area (Å²) in [7, 11) is 0. The number of hydrogen-bond acceptors (Lipinski definition) is 6. The zero-order valence-electron chi connectivity index (χ0n) is 18.8. The molecule has 32 heavy (non-hydrogen) atoms. The van der Waals surface area contributed by atoms with E-state index in [4.69, 9.17) is 14.6 Å². The van der Waals surface area contributed by atoms with Crippen LogP contribution in [0.2, 0.25) is 0 Å². The largest absolute Gasteiger partial charge is 0.394 e. The van der Waals surface area contributed by atoms with Crippen LogP contribution < -0.4 is 4.90 Å². The van der Waals surface area contributed by atoms with Crippen molar-refractivity contribution < 1.29 is 19.4 Å². The Morgan fingerprint density at radius 2 is 1.84 bits per heavy atom. The number of nitriles is 1. The van der Waals surface area contributed by atoms with Crippen LogP contribution in [-0.4, -0.2) is 57.0 Å². The van der Waals surface area contributed by atoms with E-state index in [2.05, 4.69) is 41.3 Å². The predicted molar refractivity (Wildman–Crippen MR) is 127 cm³/mol. The minimum atomic E-state index is -0.155. The molecule has 0 amide bonds. The lowest BCUT2D eigenvalue weighted by Crippen LogP contribution is -2.17. The summed E-state index contributed by atoms with van der Waals surface area (Å²) in [6, 6.07) is 14.6. The van der Waals surface area contributed by atoms with E-state index in [0.717, 1.165) is 29.4 Å². The van der Waals surface area contributed by atoms with Gasteiger partial charge in [-0.3, -0.25) is 4.79 Å². The minimum Gasteiger partial charge on any atom is -0.394 e. The van der Waals surface area contributed by atoms with Crippen LogP contribution in [-0.2, 0) is 14.3 Å². The van der Waals surface area contributed by atoms with Gasteiger partial charge in [0.25, 0.3) is 0 Å². The fraction of sp³-hybridized carbons (Fsp3) is 0.462. The summed E-state index contributed by atoms with van der Waals surface area (Å²) in [4.78, 5) is 15.1. The van der Waals surface area contributed by atoms with Gasteiger partial charge in [-0.25, -0.2) is 0 Å². The first kappa shape index (κ1) is 23.9. The van der Waals surface area contributed by atoms with Crippen LogP contribution in [0.5, 0.6) is 0 Å². The fourth-order valence-corrected chi connectivity index (χ4v) is 4.07. The van der Waals surface area contributed by atoms with Crippen molar-refractivity contribution in [1.82, 2.24) is 0 Å². The Morgan fingerprint density at radius 1 is 1.09 bits per heavy atom. The number of aliphatic hydroxyl groups is 1. The molecule has 3 rings (SSSR count). The number of nitrogens with zero attached hydrogens (tertiary/aromatic N) is 2. The molecular weight excluding hydrogens is 404 g/mol. The molecule has 0 radical (unpaired) electrons. The molecule has 0 spiro atoms. The molecule has 2 aromatic rings. The van der Waals surface area contributed by atoms with Gasteiger partial charge in [0.2, 0.25) is 0 Å². The monoisotopic (exact) mass is 436 g/mol. The number of carbonyl (C=O) groups is 1. The van der Waals surface area contributed by atoms with E-state index in [-0.39, 0.29) is 24.4 Å². The Hall–Kier alpha value is -2.72. The van der Waals surface area contributed by atoms with Crippen LogP contribution in [0, 0.1) is 11.3 Å². The first-order valence-electron chi connectivity index (χ1n) is 11.3. The molecule has 1 aliphatic rings. The zero-order chi connectivity index (χ0) is 22.8. The SMILES string of the molecule is C/C(=C(/C#N)C(=O)CCCOCCOCCO)c1ccc2cccc(N3CCCC3)c2c1. The summed E-state index contributed by atoms with van der Waals surface area (Å²) in [5.74, 6) is -0.155. The van der Waals surface area contributed by atoms with Crippen molar-refractivity contribution >= 4 is 27.8 Å². The Balaban J connectivity index is 1.68. The van der Waals surface area contributed by atoms with Crippen LogP contribution in [0.25, 0.3) is 16.3 Å². The lowest BCUT2D eigenvalue weighted by Gasteiger charge is -2.20. The Morgan fingerprint density at radius 3 is 2.56 bits per heavy atom. The van der Waals surface area contributed by atoms with Crippen molar-refractivity contribution in [2.45, 2.75) is 32.6 Å². The van der Waals surface area contributed by atoms with Crippen molar-refractivity contribution in [2.75, 3.05) is 51.0 Å². The van der Waals surface area contributed by atoms with Gasteiger partial charge in [-0.15, -0.1) is 0 Å². The first-order valence-corrected chi connectivity index (χ1v) is 11.3. The smallest absolute Gasteiger partial charge is 0.173 e. The van der Waals surface area contributed by atoms with E-state index < -0.39 is 0 Å². The Bertz CT molecular complexity index is 987. The van der Waals surface area contributed by atoms with E-state index in [1.807, 2.05) is 13.0 Å². The van der Waals surface area contributed by atoms with E-state index in [1.165, 1.54) is 18.5 Å². The number of ketones is 1. The molecule has 0 unspecified atom stereocenters. The van der Waals surface area contributed by atoms with Gasteiger partial charge in [-0.2, -0.15) is 5.26 Å². The number of hydrogen-bond donors (Lipinski definition) is 1. The summed E-state index contributed by atoms with van der Waals surface area (Å²) in [5.41, 5.74) is 3.06. The quantitative estimate of drug-likeness (QED) is 0.306. The molecule has 0 bridgehead atoms. The predicted octanol–water partition coefficient (Wildman–Crippen LogP) is 4.11. The molecule has 0 saturated carbocycles. The third-order valence-corrected chi connectivity index (χ3v) is 5.80. The Kier molecular flexibility index (Phi) is 9.24. The van der Waals surface area contributed by atoms with Gasteiger partial charge in [0.1, 0.15) is 6.07 Å². The van der Waals surface area contributed by atoms with Crippen molar-refractivity contribution in [2.24, 2.45) is 0 Å². The van der Waals surface area contributed by atoms with Crippen LogP contribution >= 0.6 is 0 Å². The summed E-state index contributed by atoms with van der Waals surface area (Å²) in [6.45, 7) is 5.54. The molecule has 1 N–H and O–H groups in total. The third kappa shape index (κ3) is 6.17. The van der Waals surface area contributed by atoms with Crippen LogP contribution in [0.15, 0.2) is 42.0 Å². The molecule has 0 atom stereocenters. The molecule has 1 fully saturated rings. The van der Waals surface area contributed by atoms with Crippen molar-refractivity contribution in [3.8, 4) is 6.07 Å². The van der Waals surface area contributed by atoms with Gasteiger partial charge in [0.15, 0.2) is 5.78 Å². The standard InChI is InChI=1S/C26H32N2O4/c1-20(24(19-27)26(30)8-5-14-31-16-17-32-15-13-29)22-10-9-21-6-4-7-25(23(21)18-22)28-11-2-3-12-28/h4,6-7,9-10,18,29H,2-3,5,8,11-17H2,1H3/b24-20+. The molecular formula is C26H32N2O4. The first-order chi connectivity index (χ1) is 15.7. The van der Waals surface area contributed by atoms with Gasteiger partial charge in [-0.05, 0) is 54.8 Å². The summed E-state index contributed by atoms with van der Waals surface area (Å²) < 4.78 is 10.6. The Labute approximate surface area is 190 Å². The van der Waals surface area contributed by atoms with E-state index >= 15 is 0 Å². The van der Waals surface area contributed by atoms with E-state index in [9.17, 15) is 10.1 Å². The topological polar surface area (TPSA) is 82.8 Å². The highest BCUT2D eigenvalue weighted by Crippen LogP contribution is 2.32.